The molecular formula is C24H14F4S. The molecule has 0 unspecified atom stereocenters. The first kappa shape index (κ1) is 19.3. The maximum absolute atomic E-state index is 14.5. The summed E-state index contributed by atoms with van der Waals surface area (Å²) < 4.78 is 58.2. The van der Waals surface area contributed by atoms with Gasteiger partial charge >= 0.3 is 0 Å². The van der Waals surface area contributed by atoms with E-state index in [0.717, 1.165) is 36.0 Å². The normalized spacial score (nSPS) is 10.9. The van der Waals surface area contributed by atoms with Crippen molar-refractivity contribution in [2.75, 3.05) is 0 Å². The average Bonchev–Trinajstić information content (AvgIpc) is 2.68. The Morgan fingerprint density at radius 1 is 0.448 bits per heavy atom. The van der Waals surface area contributed by atoms with Gasteiger partial charge in [-0.25, -0.2) is 17.6 Å². The molecule has 0 heterocycles. The van der Waals surface area contributed by atoms with Crippen LogP contribution in [0.2, 0.25) is 0 Å². The molecule has 0 nitrogen and oxygen atoms in total. The van der Waals surface area contributed by atoms with E-state index < -0.39 is 23.3 Å². The van der Waals surface area contributed by atoms with E-state index in [1.807, 2.05) is 0 Å². The largest absolute Gasteiger partial charge is 0.206 e. The van der Waals surface area contributed by atoms with Gasteiger partial charge < -0.3 is 0 Å². The second-order valence-electron chi connectivity index (χ2n) is 6.36. The van der Waals surface area contributed by atoms with Gasteiger partial charge in [-0.2, -0.15) is 0 Å². The fourth-order valence-corrected chi connectivity index (χ4v) is 4.04. The van der Waals surface area contributed by atoms with Crippen molar-refractivity contribution in [2.45, 2.75) is 9.79 Å². The van der Waals surface area contributed by atoms with Crippen molar-refractivity contribution in [2.24, 2.45) is 0 Å². The molecule has 0 N–H and O–H groups in total. The van der Waals surface area contributed by atoms with Crippen LogP contribution in [-0.4, -0.2) is 0 Å². The lowest BCUT2D eigenvalue weighted by Gasteiger charge is -2.10. The van der Waals surface area contributed by atoms with Gasteiger partial charge in [0.05, 0.1) is 11.1 Å². The number of benzene rings is 4. The van der Waals surface area contributed by atoms with E-state index in [1.165, 1.54) is 0 Å². The SMILES string of the molecule is Fc1cc(Sc2cc(F)c(-c3ccccc3)c(F)c2)cc(F)c1-c1ccccc1. The standard InChI is InChI=1S/C24H14F4S/c25-19-11-17(12-20(26)23(19)15-7-3-1-4-8-15)29-18-13-21(27)24(22(28)14-18)16-9-5-2-6-10-16/h1-14H. The molecule has 0 spiro atoms. The van der Waals surface area contributed by atoms with Crippen molar-refractivity contribution in [3.63, 3.8) is 0 Å². The van der Waals surface area contributed by atoms with Crippen LogP contribution in [0.4, 0.5) is 17.6 Å². The van der Waals surface area contributed by atoms with Gasteiger partial charge in [0, 0.05) is 9.79 Å². The lowest BCUT2D eigenvalue weighted by atomic mass is 10.0. The van der Waals surface area contributed by atoms with E-state index in [4.69, 9.17) is 0 Å². The fourth-order valence-electron chi connectivity index (χ4n) is 3.11. The lowest BCUT2D eigenvalue weighted by Crippen LogP contribution is -1.93. The first-order chi connectivity index (χ1) is 14.0. The molecule has 0 saturated carbocycles. The molecule has 29 heavy (non-hydrogen) atoms. The van der Waals surface area contributed by atoms with Crippen LogP contribution < -0.4 is 0 Å². The Kier molecular flexibility index (Phi) is 5.41. The molecule has 0 amide bonds. The van der Waals surface area contributed by atoms with E-state index in [9.17, 15) is 17.6 Å². The van der Waals surface area contributed by atoms with Crippen LogP contribution in [0.5, 0.6) is 0 Å². The van der Waals surface area contributed by atoms with Crippen molar-refractivity contribution in [1.82, 2.24) is 0 Å². The van der Waals surface area contributed by atoms with Crippen LogP contribution in [0.1, 0.15) is 0 Å². The predicted octanol–water partition coefficient (Wildman–Crippen LogP) is 7.73. The van der Waals surface area contributed by atoms with Crippen LogP contribution in [0, 0.1) is 23.3 Å². The Labute approximate surface area is 169 Å². The highest BCUT2D eigenvalue weighted by atomic mass is 32.2. The highest BCUT2D eigenvalue weighted by Crippen LogP contribution is 2.36. The molecule has 144 valence electrons. The van der Waals surface area contributed by atoms with E-state index >= 15 is 0 Å². The third-order valence-corrected chi connectivity index (χ3v) is 5.33. The van der Waals surface area contributed by atoms with Crippen molar-refractivity contribution in [3.8, 4) is 22.3 Å². The van der Waals surface area contributed by atoms with E-state index in [0.29, 0.717) is 11.1 Å². The summed E-state index contributed by atoms with van der Waals surface area (Å²) in [6.07, 6.45) is 0. The highest BCUT2D eigenvalue weighted by Gasteiger charge is 2.16. The van der Waals surface area contributed by atoms with Gasteiger partial charge in [0.15, 0.2) is 0 Å². The van der Waals surface area contributed by atoms with Crippen LogP contribution >= 0.6 is 11.8 Å². The molecule has 0 fully saturated rings. The average molecular weight is 410 g/mol. The molecule has 0 bridgehead atoms. The zero-order valence-corrected chi connectivity index (χ0v) is 15.8. The zero-order valence-electron chi connectivity index (χ0n) is 15.0. The summed E-state index contributed by atoms with van der Waals surface area (Å²) >= 11 is 0.892. The monoisotopic (exact) mass is 410 g/mol. The van der Waals surface area contributed by atoms with E-state index in [-0.39, 0.29) is 20.9 Å². The first-order valence-electron chi connectivity index (χ1n) is 8.79. The van der Waals surface area contributed by atoms with Crippen LogP contribution in [0.25, 0.3) is 22.3 Å². The van der Waals surface area contributed by atoms with Gasteiger partial charge in [-0.15, -0.1) is 0 Å². The van der Waals surface area contributed by atoms with Crippen LogP contribution in [0.3, 0.4) is 0 Å². The van der Waals surface area contributed by atoms with Crippen LogP contribution in [0.15, 0.2) is 94.7 Å². The van der Waals surface area contributed by atoms with Crippen molar-refractivity contribution < 1.29 is 17.6 Å². The highest BCUT2D eigenvalue weighted by molar-refractivity contribution is 7.99. The smallest absolute Gasteiger partial charge is 0.135 e. The number of hydrogen-bond donors (Lipinski definition) is 0. The maximum Gasteiger partial charge on any atom is 0.135 e. The summed E-state index contributed by atoms with van der Waals surface area (Å²) in [7, 11) is 0. The van der Waals surface area contributed by atoms with Gasteiger partial charge in [-0.05, 0) is 35.4 Å². The Morgan fingerprint density at radius 2 is 0.759 bits per heavy atom. The molecular weight excluding hydrogens is 396 g/mol. The van der Waals surface area contributed by atoms with E-state index in [2.05, 4.69) is 0 Å². The Morgan fingerprint density at radius 3 is 1.07 bits per heavy atom. The summed E-state index contributed by atoms with van der Waals surface area (Å²) in [4.78, 5) is 0.428. The van der Waals surface area contributed by atoms with Gasteiger partial charge in [-0.3, -0.25) is 0 Å². The molecule has 0 aliphatic carbocycles. The minimum absolute atomic E-state index is 0.133. The Bertz CT molecular complexity index is 1020. The second-order valence-corrected chi connectivity index (χ2v) is 7.50. The topological polar surface area (TPSA) is 0 Å². The summed E-state index contributed by atoms with van der Waals surface area (Å²) in [5, 5.41) is 0. The minimum Gasteiger partial charge on any atom is -0.206 e. The van der Waals surface area contributed by atoms with Gasteiger partial charge in [-0.1, -0.05) is 72.4 Å². The molecule has 0 aliphatic heterocycles. The Hall–Kier alpha value is -3.05. The summed E-state index contributed by atoms with van der Waals surface area (Å²) in [5.41, 5.74) is 0.574. The molecule has 0 radical (unpaired) electrons. The zero-order chi connectivity index (χ0) is 20.4. The molecule has 0 aliphatic rings. The quantitative estimate of drug-likeness (QED) is 0.310. The fraction of sp³-hybridized carbons (Fsp3) is 0. The molecule has 4 aromatic carbocycles. The minimum atomic E-state index is -0.736. The second kappa shape index (κ2) is 8.13. The molecule has 0 atom stereocenters. The molecule has 4 rings (SSSR count). The lowest BCUT2D eigenvalue weighted by molar-refractivity contribution is 0.583. The summed E-state index contributed by atoms with van der Waals surface area (Å²) in [5.74, 6) is -2.94. The number of rotatable bonds is 4. The molecule has 0 aromatic heterocycles. The molecule has 0 saturated heterocycles. The van der Waals surface area contributed by atoms with Gasteiger partial charge in [0.2, 0.25) is 0 Å². The maximum atomic E-state index is 14.5. The third kappa shape index (κ3) is 4.05. The Balaban J connectivity index is 1.67. The van der Waals surface area contributed by atoms with Gasteiger partial charge in [0.25, 0.3) is 0 Å². The van der Waals surface area contributed by atoms with Crippen molar-refractivity contribution >= 4 is 11.8 Å². The predicted molar refractivity (Wildman–Crippen MR) is 108 cm³/mol. The number of halogens is 4. The molecule has 4 aromatic rings. The van der Waals surface area contributed by atoms with Crippen molar-refractivity contribution in [3.05, 3.63) is 108 Å². The summed E-state index contributed by atoms with van der Waals surface area (Å²) in [6.45, 7) is 0. The molecule has 5 heteroatoms. The van der Waals surface area contributed by atoms with Crippen LogP contribution in [-0.2, 0) is 0 Å². The first-order valence-corrected chi connectivity index (χ1v) is 9.61. The third-order valence-electron chi connectivity index (χ3n) is 4.39. The summed E-state index contributed by atoms with van der Waals surface area (Å²) in [6, 6.07) is 21.4. The number of hydrogen-bond acceptors (Lipinski definition) is 1. The van der Waals surface area contributed by atoms with E-state index in [1.54, 1.807) is 60.7 Å². The van der Waals surface area contributed by atoms with Crippen molar-refractivity contribution in [1.29, 1.82) is 0 Å². The van der Waals surface area contributed by atoms with Gasteiger partial charge in [0.1, 0.15) is 23.3 Å².